The van der Waals surface area contributed by atoms with Gasteiger partial charge in [0.15, 0.2) is 5.96 Å². The van der Waals surface area contributed by atoms with Gasteiger partial charge in [0.05, 0.1) is 17.2 Å². The van der Waals surface area contributed by atoms with Gasteiger partial charge in [-0.1, -0.05) is 15.9 Å². The molecule has 2 N–H and O–H groups in total. The molecular formula is C15H19BrFIN4S. The minimum Gasteiger partial charge on any atom is -0.352 e. The standard InChI is InChI=1S/C15H18BrFN4S.HI/c1-9-14(22-10(2)21-9)8-20-15(18-3)19-7-11-4-12(16)6-13(17)5-11;/h4-6H,7-8H2,1-3H3,(H2,18,19,20);1H. The van der Waals surface area contributed by atoms with Gasteiger partial charge in [0, 0.05) is 22.9 Å². The van der Waals surface area contributed by atoms with Crippen LogP contribution in [0.2, 0.25) is 0 Å². The fourth-order valence-electron chi connectivity index (χ4n) is 2.02. The Bertz CT molecular complexity index is 670. The van der Waals surface area contributed by atoms with Gasteiger partial charge in [-0.05, 0) is 37.6 Å². The van der Waals surface area contributed by atoms with Crippen molar-refractivity contribution in [3.05, 3.63) is 49.6 Å². The summed E-state index contributed by atoms with van der Waals surface area (Å²) in [4.78, 5) is 9.76. The molecule has 1 heterocycles. The van der Waals surface area contributed by atoms with E-state index in [0.717, 1.165) is 20.7 Å². The lowest BCUT2D eigenvalue weighted by atomic mass is 10.2. The van der Waals surface area contributed by atoms with Gasteiger partial charge in [0.1, 0.15) is 5.82 Å². The Hall–Kier alpha value is -0.740. The number of rotatable bonds is 4. The predicted octanol–water partition coefficient (Wildman–Crippen LogP) is 4.14. The molecule has 0 atom stereocenters. The predicted molar refractivity (Wildman–Crippen MR) is 108 cm³/mol. The number of thiazole rings is 1. The normalized spacial score (nSPS) is 11.1. The molecule has 0 spiro atoms. The lowest BCUT2D eigenvalue weighted by Crippen LogP contribution is -2.36. The van der Waals surface area contributed by atoms with Crippen molar-refractivity contribution in [2.45, 2.75) is 26.9 Å². The number of aromatic nitrogens is 1. The van der Waals surface area contributed by atoms with Gasteiger partial charge in [-0.2, -0.15) is 0 Å². The molecule has 0 aliphatic rings. The highest BCUT2D eigenvalue weighted by atomic mass is 127. The maximum Gasteiger partial charge on any atom is 0.191 e. The Morgan fingerprint density at radius 1 is 1.26 bits per heavy atom. The summed E-state index contributed by atoms with van der Waals surface area (Å²) in [6.45, 7) is 5.16. The molecule has 23 heavy (non-hydrogen) atoms. The summed E-state index contributed by atoms with van der Waals surface area (Å²) in [5.41, 5.74) is 1.89. The van der Waals surface area contributed by atoms with Crippen LogP contribution >= 0.6 is 51.2 Å². The van der Waals surface area contributed by atoms with Crippen molar-refractivity contribution in [1.29, 1.82) is 0 Å². The third kappa shape index (κ3) is 6.34. The van der Waals surface area contributed by atoms with Crippen LogP contribution in [0.5, 0.6) is 0 Å². The Morgan fingerprint density at radius 2 is 1.96 bits per heavy atom. The molecule has 0 fully saturated rings. The molecule has 0 amide bonds. The van der Waals surface area contributed by atoms with Crippen molar-refractivity contribution in [1.82, 2.24) is 15.6 Å². The molecule has 0 radical (unpaired) electrons. The molecule has 0 saturated heterocycles. The van der Waals surface area contributed by atoms with Crippen LogP contribution in [-0.2, 0) is 13.1 Å². The summed E-state index contributed by atoms with van der Waals surface area (Å²) >= 11 is 4.96. The molecule has 0 aliphatic heterocycles. The lowest BCUT2D eigenvalue weighted by Gasteiger charge is -2.12. The molecule has 0 unspecified atom stereocenters. The van der Waals surface area contributed by atoms with Crippen molar-refractivity contribution in [2.24, 2.45) is 4.99 Å². The van der Waals surface area contributed by atoms with E-state index in [1.54, 1.807) is 18.4 Å². The quantitative estimate of drug-likeness (QED) is 0.367. The van der Waals surface area contributed by atoms with E-state index < -0.39 is 0 Å². The first-order chi connectivity index (χ1) is 10.5. The van der Waals surface area contributed by atoms with E-state index in [4.69, 9.17) is 0 Å². The number of nitrogens with zero attached hydrogens (tertiary/aromatic N) is 2. The Labute approximate surface area is 165 Å². The van der Waals surface area contributed by atoms with E-state index in [0.29, 0.717) is 19.0 Å². The van der Waals surface area contributed by atoms with Gasteiger partial charge in [-0.25, -0.2) is 9.37 Å². The van der Waals surface area contributed by atoms with Crippen LogP contribution in [0.25, 0.3) is 0 Å². The number of hydrogen-bond acceptors (Lipinski definition) is 3. The molecule has 2 aromatic rings. The van der Waals surface area contributed by atoms with E-state index in [1.807, 2.05) is 19.9 Å². The second kappa shape index (κ2) is 9.53. The first-order valence-corrected chi connectivity index (χ1v) is 8.41. The summed E-state index contributed by atoms with van der Waals surface area (Å²) in [5.74, 6) is 0.413. The summed E-state index contributed by atoms with van der Waals surface area (Å²) in [5, 5.41) is 7.47. The van der Waals surface area contributed by atoms with E-state index in [9.17, 15) is 4.39 Å². The SMILES string of the molecule is CN=C(NCc1cc(F)cc(Br)c1)NCc1sc(C)nc1C.I. The molecule has 0 saturated carbocycles. The average molecular weight is 513 g/mol. The largest absolute Gasteiger partial charge is 0.352 e. The number of halogens is 3. The molecule has 126 valence electrons. The van der Waals surface area contributed by atoms with E-state index in [-0.39, 0.29) is 29.8 Å². The third-order valence-electron chi connectivity index (χ3n) is 3.02. The first kappa shape index (κ1) is 20.3. The van der Waals surface area contributed by atoms with Crippen molar-refractivity contribution in [2.75, 3.05) is 7.05 Å². The van der Waals surface area contributed by atoms with Crippen LogP contribution < -0.4 is 10.6 Å². The summed E-state index contributed by atoms with van der Waals surface area (Å²) < 4.78 is 14.1. The van der Waals surface area contributed by atoms with Gasteiger partial charge < -0.3 is 10.6 Å². The summed E-state index contributed by atoms with van der Waals surface area (Å²) in [6.07, 6.45) is 0. The number of hydrogen-bond donors (Lipinski definition) is 2. The van der Waals surface area contributed by atoms with Crippen LogP contribution in [0.3, 0.4) is 0 Å². The molecule has 1 aromatic carbocycles. The molecule has 0 aliphatic carbocycles. The van der Waals surface area contributed by atoms with Crippen molar-refractivity contribution in [3.8, 4) is 0 Å². The molecular weight excluding hydrogens is 494 g/mol. The molecule has 2 rings (SSSR count). The smallest absolute Gasteiger partial charge is 0.191 e. The van der Waals surface area contributed by atoms with Crippen LogP contribution in [0.4, 0.5) is 4.39 Å². The minimum atomic E-state index is -0.259. The van der Waals surface area contributed by atoms with Crippen LogP contribution in [0.1, 0.15) is 21.1 Å². The highest BCUT2D eigenvalue weighted by Crippen LogP contribution is 2.17. The third-order valence-corrected chi connectivity index (χ3v) is 4.55. The highest BCUT2D eigenvalue weighted by molar-refractivity contribution is 14.0. The Balaban J connectivity index is 0.00000264. The second-order valence-corrected chi connectivity index (χ2v) is 7.00. The zero-order valence-electron chi connectivity index (χ0n) is 13.1. The minimum absolute atomic E-state index is 0. The maximum absolute atomic E-state index is 13.3. The Morgan fingerprint density at radius 3 is 2.52 bits per heavy atom. The summed E-state index contributed by atoms with van der Waals surface area (Å²) in [7, 11) is 1.71. The number of nitrogens with one attached hydrogen (secondary N) is 2. The number of aliphatic imine (C=N–C) groups is 1. The number of aryl methyl sites for hydroxylation is 2. The summed E-state index contributed by atoms with van der Waals surface area (Å²) in [6, 6.07) is 4.81. The van der Waals surface area contributed by atoms with Crippen molar-refractivity contribution < 1.29 is 4.39 Å². The van der Waals surface area contributed by atoms with Gasteiger partial charge in [-0.15, -0.1) is 35.3 Å². The zero-order valence-corrected chi connectivity index (χ0v) is 17.8. The lowest BCUT2D eigenvalue weighted by molar-refractivity contribution is 0.623. The molecule has 1 aromatic heterocycles. The zero-order chi connectivity index (χ0) is 16.1. The molecule has 8 heteroatoms. The van der Waals surface area contributed by atoms with Crippen molar-refractivity contribution >= 4 is 57.2 Å². The van der Waals surface area contributed by atoms with Crippen LogP contribution in [0.15, 0.2) is 27.7 Å². The molecule has 0 bridgehead atoms. The van der Waals surface area contributed by atoms with Crippen LogP contribution in [-0.4, -0.2) is 18.0 Å². The second-order valence-electron chi connectivity index (χ2n) is 4.80. The van der Waals surface area contributed by atoms with E-state index in [1.165, 1.54) is 17.0 Å². The monoisotopic (exact) mass is 512 g/mol. The highest BCUT2D eigenvalue weighted by Gasteiger charge is 2.06. The number of guanidine groups is 1. The van der Waals surface area contributed by atoms with E-state index >= 15 is 0 Å². The number of benzene rings is 1. The van der Waals surface area contributed by atoms with E-state index in [2.05, 4.69) is 36.5 Å². The first-order valence-electron chi connectivity index (χ1n) is 6.80. The van der Waals surface area contributed by atoms with Gasteiger partial charge in [0.25, 0.3) is 0 Å². The van der Waals surface area contributed by atoms with Gasteiger partial charge in [0.2, 0.25) is 0 Å². The van der Waals surface area contributed by atoms with Crippen molar-refractivity contribution in [3.63, 3.8) is 0 Å². The maximum atomic E-state index is 13.3. The topological polar surface area (TPSA) is 49.3 Å². The fourth-order valence-corrected chi connectivity index (χ4v) is 3.41. The van der Waals surface area contributed by atoms with Gasteiger partial charge >= 0.3 is 0 Å². The average Bonchev–Trinajstić information content (AvgIpc) is 2.76. The molecule has 4 nitrogen and oxygen atoms in total. The Kier molecular flexibility index (Phi) is 8.41. The van der Waals surface area contributed by atoms with Crippen LogP contribution in [0, 0.1) is 19.7 Å². The fraction of sp³-hybridized carbons (Fsp3) is 0.333. The van der Waals surface area contributed by atoms with Gasteiger partial charge in [-0.3, -0.25) is 4.99 Å².